The summed E-state index contributed by atoms with van der Waals surface area (Å²) in [5.74, 6) is 2.55. The third-order valence-corrected chi connectivity index (χ3v) is 7.11. The summed E-state index contributed by atoms with van der Waals surface area (Å²) in [5, 5.41) is 4.51. The summed E-state index contributed by atoms with van der Waals surface area (Å²) < 4.78 is 2.41. The maximum atomic E-state index is 5.78. The molecule has 25 heavy (non-hydrogen) atoms. The van der Waals surface area contributed by atoms with Crippen molar-refractivity contribution < 1.29 is 4.84 Å². The van der Waals surface area contributed by atoms with Crippen LogP contribution in [-0.4, -0.2) is 23.5 Å². The van der Waals surface area contributed by atoms with Crippen LogP contribution >= 0.6 is 9.39 Å². The first-order chi connectivity index (χ1) is 12.3. The minimum absolute atomic E-state index is 0.140. The highest BCUT2D eigenvalue weighted by Crippen LogP contribution is 2.39. The molecule has 3 nitrogen and oxygen atoms in total. The molecule has 4 heteroatoms. The Labute approximate surface area is 154 Å². The molecule has 0 amide bonds. The number of hydrogen-bond donors (Lipinski definition) is 0. The van der Waals surface area contributed by atoms with Gasteiger partial charge in [-0.25, -0.2) is 0 Å². The van der Waals surface area contributed by atoms with Gasteiger partial charge in [0.2, 0.25) is 0 Å². The van der Waals surface area contributed by atoms with Crippen LogP contribution in [0.15, 0.2) is 35.5 Å². The van der Waals surface area contributed by atoms with E-state index < -0.39 is 0 Å². The Morgan fingerprint density at radius 1 is 0.920 bits per heavy atom. The van der Waals surface area contributed by atoms with Crippen LogP contribution in [0.2, 0.25) is 0 Å². The average molecular weight is 358 g/mol. The van der Waals surface area contributed by atoms with Gasteiger partial charge in [-0.2, -0.15) is 0 Å². The van der Waals surface area contributed by atoms with Crippen LogP contribution in [0.3, 0.4) is 0 Å². The fraction of sp³-hybridized carbons (Fsp3) is 0.667. The van der Waals surface area contributed by atoms with Gasteiger partial charge in [0.15, 0.2) is 6.10 Å². The van der Waals surface area contributed by atoms with Crippen molar-refractivity contribution >= 4 is 15.1 Å². The van der Waals surface area contributed by atoms with E-state index in [1.54, 1.807) is 0 Å². The second-order valence-electron chi connectivity index (χ2n) is 8.13. The van der Waals surface area contributed by atoms with E-state index in [1.165, 1.54) is 69.3 Å². The predicted octanol–water partition coefficient (Wildman–Crippen LogP) is 5.20. The standard InChI is InChI=1S/C21H31N2OP/c25-23-13-11-17(12-14-23)16-7-4-8-18(10-9-16)20-15-21(24-22-20)19-5-2-1-3-6-19/h1-3,5-6,16-18,21H,4,7-15,25H2. The first kappa shape index (κ1) is 17.5. The van der Waals surface area contributed by atoms with Crippen molar-refractivity contribution in [2.24, 2.45) is 22.9 Å². The number of rotatable bonds is 3. The molecule has 2 heterocycles. The first-order valence-corrected chi connectivity index (χ1v) is 10.6. The molecule has 2 fully saturated rings. The van der Waals surface area contributed by atoms with Gasteiger partial charge in [0.05, 0.1) is 5.71 Å². The quantitative estimate of drug-likeness (QED) is 0.548. The molecule has 1 saturated carbocycles. The summed E-state index contributed by atoms with van der Waals surface area (Å²) in [6.07, 6.45) is 10.7. The van der Waals surface area contributed by atoms with E-state index in [1.807, 2.05) is 0 Å². The number of hydrogen-bond acceptors (Lipinski definition) is 3. The van der Waals surface area contributed by atoms with Crippen molar-refractivity contribution in [1.82, 2.24) is 4.67 Å². The molecule has 2 aliphatic heterocycles. The monoisotopic (exact) mass is 358 g/mol. The fourth-order valence-corrected chi connectivity index (χ4v) is 5.31. The zero-order valence-electron chi connectivity index (χ0n) is 15.1. The van der Waals surface area contributed by atoms with Crippen molar-refractivity contribution in [1.29, 1.82) is 0 Å². The molecule has 4 unspecified atom stereocenters. The van der Waals surface area contributed by atoms with Crippen LogP contribution < -0.4 is 0 Å². The zero-order valence-corrected chi connectivity index (χ0v) is 16.3. The molecule has 3 aliphatic rings. The van der Waals surface area contributed by atoms with Gasteiger partial charge < -0.3 is 4.84 Å². The zero-order chi connectivity index (χ0) is 17.1. The van der Waals surface area contributed by atoms with Crippen LogP contribution in [0.4, 0.5) is 0 Å². The fourth-order valence-electron chi connectivity index (χ4n) is 5.01. The van der Waals surface area contributed by atoms with E-state index in [0.717, 1.165) is 18.3 Å². The molecule has 4 atom stereocenters. The van der Waals surface area contributed by atoms with Gasteiger partial charge in [0.1, 0.15) is 0 Å². The Hall–Kier alpha value is -0.920. The molecule has 1 saturated heterocycles. The molecule has 0 bridgehead atoms. The summed E-state index contributed by atoms with van der Waals surface area (Å²) in [5.41, 5.74) is 2.59. The second kappa shape index (κ2) is 8.18. The van der Waals surface area contributed by atoms with E-state index in [0.29, 0.717) is 5.92 Å². The van der Waals surface area contributed by atoms with Crippen molar-refractivity contribution in [3.8, 4) is 0 Å². The smallest absolute Gasteiger partial charge is 0.157 e. The van der Waals surface area contributed by atoms with Crippen molar-refractivity contribution in [2.75, 3.05) is 13.1 Å². The van der Waals surface area contributed by atoms with Crippen LogP contribution in [0.25, 0.3) is 0 Å². The third kappa shape index (κ3) is 4.26. The number of piperidine rings is 1. The first-order valence-electron chi connectivity index (χ1n) is 10.1. The summed E-state index contributed by atoms with van der Waals surface area (Å²) >= 11 is 0. The Morgan fingerprint density at radius 2 is 1.68 bits per heavy atom. The van der Waals surface area contributed by atoms with Crippen molar-refractivity contribution in [3.63, 3.8) is 0 Å². The molecule has 0 aromatic heterocycles. The highest BCUT2D eigenvalue weighted by molar-refractivity contribution is 7.13. The highest BCUT2D eigenvalue weighted by Gasteiger charge is 2.32. The summed E-state index contributed by atoms with van der Waals surface area (Å²) in [6, 6.07) is 10.6. The molecule has 136 valence electrons. The van der Waals surface area contributed by atoms with E-state index in [9.17, 15) is 0 Å². The number of nitrogens with zero attached hydrogens (tertiary/aromatic N) is 2. The Morgan fingerprint density at radius 3 is 2.48 bits per heavy atom. The van der Waals surface area contributed by atoms with Gasteiger partial charge in [-0.15, -0.1) is 0 Å². The molecular formula is C21H31N2OP. The molecule has 1 aromatic carbocycles. The van der Waals surface area contributed by atoms with Gasteiger partial charge in [-0.3, -0.25) is 4.67 Å². The summed E-state index contributed by atoms with van der Waals surface area (Å²) in [4.78, 5) is 5.78. The lowest BCUT2D eigenvalue weighted by Gasteiger charge is -2.33. The second-order valence-corrected chi connectivity index (χ2v) is 8.86. The molecule has 1 aliphatic carbocycles. The van der Waals surface area contributed by atoms with E-state index >= 15 is 0 Å². The lowest BCUT2D eigenvalue weighted by atomic mass is 9.80. The number of benzene rings is 1. The molecular weight excluding hydrogens is 327 g/mol. The average Bonchev–Trinajstić information content (AvgIpc) is 3.02. The van der Waals surface area contributed by atoms with E-state index in [2.05, 4.69) is 49.5 Å². The normalized spacial score (nSPS) is 32.0. The molecule has 0 N–H and O–H groups in total. The largest absolute Gasteiger partial charge is 0.387 e. The van der Waals surface area contributed by atoms with Gasteiger partial charge in [-0.1, -0.05) is 57.7 Å². The van der Waals surface area contributed by atoms with E-state index in [-0.39, 0.29) is 6.10 Å². The van der Waals surface area contributed by atoms with Gasteiger partial charge >= 0.3 is 0 Å². The lowest BCUT2D eigenvalue weighted by Crippen LogP contribution is -2.30. The highest BCUT2D eigenvalue weighted by atomic mass is 31.0. The van der Waals surface area contributed by atoms with Crippen molar-refractivity contribution in [3.05, 3.63) is 35.9 Å². The molecule has 1 aromatic rings. The third-order valence-electron chi connectivity index (χ3n) is 6.59. The SMILES string of the molecule is PN1CCC(C2CCCC(C3=NOC(c4ccccc4)C3)CC2)CC1. The van der Waals surface area contributed by atoms with Gasteiger partial charge in [0.25, 0.3) is 0 Å². The lowest BCUT2D eigenvalue weighted by molar-refractivity contribution is 0.0856. The van der Waals surface area contributed by atoms with Crippen LogP contribution in [0.5, 0.6) is 0 Å². The molecule has 0 radical (unpaired) electrons. The summed E-state index contributed by atoms with van der Waals surface area (Å²) in [6.45, 7) is 2.52. The Balaban J connectivity index is 1.31. The topological polar surface area (TPSA) is 24.8 Å². The predicted molar refractivity (Wildman–Crippen MR) is 106 cm³/mol. The van der Waals surface area contributed by atoms with Gasteiger partial charge in [-0.05, 0) is 49.5 Å². The minimum Gasteiger partial charge on any atom is -0.387 e. The minimum atomic E-state index is 0.140. The van der Waals surface area contributed by atoms with Gasteiger partial charge in [0, 0.05) is 25.4 Å². The van der Waals surface area contributed by atoms with Crippen LogP contribution in [0, 0.1) is 17.8 Å². The molecule has 0 spiro atoms. The van der Waals surface area contributed by atoms with Crippen molar-refractivity contribution in [2.45, 2.75) is 57.5 Å². The Bertz CT molecular complexity index is 583. The van der Waals surface area contributed by atoms with E-state index in [4.69, 9.17) is 4.84 Å². The maximum absolute atomic E-state index is 5.78. The van der Waals surface area contributed by atoms with Crippen LogP contribution in [-0.2, 0) is 4.84 Å². The summed E-state index contributed by atoms with van der Waals surface area (Å²) in [7, 11) is 2.87. The maximum Gasteiger partial charge on any atom is 0.157 e. The molecule has 4 rings (SSSR count). The Kier molecular flexibility index (Phi) is 5.73. The van der Waals surface area contributed by atoms with Crippen LogP contribution in [0.1, 0.15) is 63.0 Å². The number of oxime groups is 1.